The molecular weight excluding hydrogens is 520 g/mol. The van der Waals surface area contributed by atoms with Crippen molar-refractivity contribution in [2.75, 3.05) is 10.2 Å². The zero-order valence-electron chi connectivity index (χ0n) is 16.9. The molecule has 0 spiro atoms. The van der Waals surface area contributed by atoms with Crippen molar-refractivity contribution in [1.82, 2.24) is 25.1 Å². The standard InChI is InChI=1S/C20H19F3N6.CH3I/c21-20(22,23)14-7-3-1-5-12(14)17-24-15-8-4-2-6-13(15)18(25-17)27-19-26-16(28-29-19)11-9-10-11;1-2/h1,3,5,7,11H,2,4,6,8-10H2,(H2,24,25,26,27,28,29);1H3. The summed E-state index contributed by atoms with van der Waals surface area (Å²) < 4.78 is 40.5. The fourth-order valence-electron chi connectivity index (χ4n) is 3.72. The summed E-state index contributed by atoms with van der Waals surface area (Å²) in [6.07, 6.45) is 1.15. The van der Waals surface area contributed by atoms with Gasteiger partial charge in [0.2, 0.25) is 5.95 Å². The molecule has 0 bridgehead atoms. The number of benzene rings is 1. The van der Waals surface area contributed by atoms with Gasteiger partial charge in [-0.2, -0.15) is 18.2 Å². The third-order valence-corrected chi connectivity index (χ3v) is 5.35. The van der Waals surface area contributed by atoms with E-state index in [0.717, 1.165) is 61.7 Å². The monoisotopic (exact) mass is 542 g/mol. The molecule has 0 atom stereocenters. The number of nitrogens with zero attached hydrogens (tertiary/aromatic N) is 4. The van der Waals surface area contributed by atoms with Crippen molar-refractivity contribution >= 4 is 34.4 Å². The highest BCUT2D eigenvalue weighted by Crippen LogP contribution is 2.39. The molecule has 2 aliphatic rings. The van der Waals surface area contributed by atoms with Crippen molar-refractivity contribution in [3.8, 4) is 11.4 Å². The molecule has 0 unspecified atom stereocenters. The van der Waals surface area contributed by atoms with Gasteiger partial charge >= 0.3 is 6.18 Å². The summed E-state index contributed by atoms with van der Waals surface area (Å²) in [7, 11) is 0. The molecule has 10 heteroatoms. The molecule has 0 aliphatic heterocycles. The third-order valence-electron chi connectivity index (χ3n) is 5.35. The number of halogens is 4. The molecule has 2 aliphatic carbocycles. The molecule has 1 saturated carbocycles. The van der Waals surface area contributed by atoms with Gasteiger partial charge in [0.25, 0.3) is 0 Å². The first-order valence-corrected chi connectivity index (χ1v) is 12.3. The average Bonchev–Trinajstić information content (AvgIpc) is 3.53. The van der Waals surface area contributed by atoms with Crippen molar-refractivity contribution in [1.29, 1.82) is 0 Å². The second-order valence-electron chi connectivity index (χ2n) is 7.52. The molecule has 31 heavy (non-hydrogen) atoms. The number of aromatic amines is 1. The number of alkyl halides is 4. The molecule has 2 heterocycles. The van der Waals surface area contributed by atoms with E-state index in [1.165, 1.54) is 12.1 Å². The van der Waals surface area contributed by atoms with Crippen LogP contribution in [0, 0.1) is 0 Å². The first-order valence-electron chi connectivity index (χ1n) is 10.1. The zero-order chi connectivity index (χ0) is 22.0. The van der Waals surface area contributed by atoms with Crippen molar-refractivity contribution in [2.45, 2.75) is 50.6 Å². The Labute approximate surface area is 191 Å². The maximum absolute atomic E-state index is 13.5. The fraction of sp³-hybridized carbons (Fsp3) is 0.429. The number of aryl methyl sites for hydroxylation is 1. The van der Waals surface area contributed by atoms with Gasteiger partial charge in [-0.15, -0.1) is 5.10 Å². The molecule has 1 aromatic carbocycles. The van der Waals surface area contributed by atoms with E-state index in [1.807, 2.05) is 4.93 Å². The average molecular weight is 542 g/mol. The summed E-state index contributed by atoms with van der Waals surface area (Å²) >= 11 is 2.15. The van der Waals surface area contributed by atoms with E-state index >= 15 is 0 Å². The molecule has 0 amide bonds. The molecule has 2 aromatic heterocycles. The summed E-state index contributed by atoms with van der Waals surface area (Å²) in [5, 5.41) is 10.2. The van der Waals surface area contributed by atoms with E-state index in [1.54, 1.807) is 6.07 Å². The lowest BCUT2D eigenvalue weighted by Crippen LogP contribution is -2.14. The van der Waals surface area contributed by atoms with Gasteiger partial charge < -0.3 is 5.32 Å². The number of hydrogen-bond donors (Lipinski definition) is 2. The van der Waals surface area contributed by atoms with Gasteiger partial charge in [0.05, 0.1) is 5.56 Å². The van der Waals surface area contributed by atoms with Crippen molar-refractivity contribution in [3.63, 3.8) is 0 Å². The fourth-order valence-corrected chi connectivity index (χ4v) is 3.72. The lowest BCUT2D eigenvalue weighted by Gasteiger charge is -2.20. The predicted molar refractivity (Wildman–Crippen MR) is 121 cm³/mol. The Morgan fingerprint density at radius 2 is 1.77 bits per heavy atom. The first-order chi connectivity index (χ1) is 15.0. The number of hydrogen-bond acceptors (Lipinski definition) is 5. The van der Waals surface area contributed by atoms with Crippen LogP contribution in [0.15, 0.2) is 24.3 Å². The van der Waals surface area contributed by atoms with Crippen LogP contribution in [0.25, 0.3) is 11.4 Å². The zero-order valence-corrected chi connectivity index (χ0v) is 19.1. The van der Waals surface area contributed by atoms with Gasteiger partial charge in [0.1, 0.15) is 11.6 Å². The van der Waals surface area contributed by atoms with Crippen LogP contribution < -0.4 is 5.32 Å². The van der Waals surface area contributed by atoms with Crippen molar-refractivity contribution in [3.05, 3.63) is 46.9 Å². The summed E-state index contributed by atoms with van der Waals surface area (Å²) in [5.74, 6) is 2.19. The molecule has 2 N–H and O–H groups in total. The van der Waals surface area contributed by atoms with E-state index in [9.17, 15) is 13.2 Å². The molecule has 6 nitrogen and oxygen atoms in total. The minimum atomic E-state index is -4.48. The van der Waals surface area contributed by atoms with Crippen LogP contribution in [0.1, 0.15) is 54.2 Å². The molecule has 5 rings (SSSR count). The van der Waals surface area contributed by atoms with Gasteiger partial charge in [0.15, 0.2) is 5.82 Å². The molecule has 1 fully saturated rings. The minimum absolute atomic E-state index is 0.0231. The highest BCUT2D eigenvalue weighted by molar-refractivity contribution is 14.1. The maximum atomic E-state index is 13.5. The third kappa shape index (κ3) is 4.83. The number of aromatic nitrogens is 5. The number of H-pyrrole nitrogens is 1. The van der Waals surface area contributed by atoms with Crippen LogP contribution in [-0.2, 0) is 19.0 Å². The lowest BCUT2D eigenvalue weighted by atomic mass is 9.96. The Morgan fingerprint density at radius 3 is 2.52 bits per heavy atom. The normalized spacial score (nSPS) is 15.6. The number of rotatable bonds is 4. The SMILES string of the molecule is CI.FC(F)(F)c1ccccc1-c1nc2c(c(Nc3n[nH]c(C4CC4)n3)n1)CCCC2. The van der Waals surface area contributed by atoms with Gasteiger partial charge in [-0.25, -0.2) is 9.97 Å². The van der Waals surface area contributed by atoms with Gasteiger partial charge in [-0.3, -0.25) is 5.10 Å². The van der Waals surface area contributed by atoms with Crippen molar-refractivity contribution in [2.24, 2.45) is 0 Å². The van der Waals surface area contributed by atoms with Crippen molar-refractivity contribution < 1.29 is 13.2 Å². The highest BCUT2D eigenvalue weighted by atomic mass is 127. The van der Waals surface area contributed by atoms with Gasteiger partial charge in [-0.05, 0) is 49.5 Å². The van der Waals surface area contributed by atoms with Crippen LogP contribution in [0.2, 0.25) is 0 Å². The number of anilines is 2. The second-order valence-corrected chi connectivity index (χ2v) is 7.52. The second kappa shape index (κ2) is 9.09. The number of nitrogens with one attached hydrogen (secondary N) is 2. The van der Waals surface area contributed by atoms with Crippen LogP contribution in [0.5, 0.6) is 0 Å². The Hall–Kier alpha value is -2.24. The predicted octanol–water partition coefficient (Wildman–Crippen LogP) is 5.83. The van der Waals surface area contributed by atoms with E-state index < -0.39 is 11.7 Å². The Morgan fingerprint density at radius 1 is 1.03 bits per heavy atom. The number of fused-ring (bicyclic) bond motifs is 1. The Balaban J connectivity index is 0.00000112. The minimum Gasteiger partial charge on any atom is -0.307 e. The van der Waals surface area contributed by atoms with Gasteiger partial charge in [-0.1, -0.05) is 40.8 Å². The molecular formula is C21H22F3IN6. The first kappa shape index (κ1) is 22.0. The van der Waals surface area contributed by atoms with E-state index in [0.29, 0.717) is 17.7 Å². The summed E-state index contributed by atoms with van der Waals surface area (Å²) in [6.45, 7) is 0. The molecule has 0 saturated heterocycles. The van der Waals surface area contributed by atoms with E-state index in [4.69, 9.17) is 0 Å². The smallest absolute Gasteiger partial charge is 0.307 e. The largest absolute Gasteiger partial charge is 0.417 e. The van der Waals surface area contributed by atoms with Crippen LogP contribution in [0.4, 0.5) is 24.9 Å². The Bertz CT molecular complexity index is 1060. The van der Waals surface area contributed by atoms with E-state index in [2.05, 4.69) is 53.1 Å². The summed E-state index contributed by atoms with van der Waals surface area (Å²) in [6, 6.07) is 5.41. The maximum Gasteiger partial charge on any atom is 0.417 e. The summed E-state index contributed by atoms with van der Waals surface area (Å²) in [4.78, 5) is 15.4. The lowest BCUT2D eigenvalue weighted by molar-refractivity contribution is -0.137. The topological polar surface area (TPSA) is 79.4 Å². The van der Waals surface area contributed by atoms with Crippen LogP contribution in [0.3, 0.4) is 0 Å². The summed E-state index contributed by atoms with van der Waals surface area (Å²) in [5.41, 5.74) is 0.960. The van der Waals surface area contributed by atoms with Gasteiger partial charge in [0, 0.05) is 22.7 Å². The quantitative estimate of drug-likeness (QED) is 0.321. The molecule has 3 aromatic rings. The van der Waals surface area contributed by atoms with E-state index in [-0.39, 0.29) is 11.4 Å². The molecule has 0 radical (unpaired) electrons. The molecule has 164 valence electrons. The Kier molecular flexibility index (Phi) is 6.44. The van der Waals surface area contributed by atoms with Crippen LogP contribution in [-0.4, -0.2) is 30.1 Å². The highest BCUT2D eigenvalue weighted by Gasteiger charge is 2.34. The van der Waals surface area contributed by atoms with Crippen LogP contribution >= 0.6 is 22.6 Å².